The summed E-state index contributed by atoms with van der Waals surface area (Å²) in [6, 6.07) is 0. The Bertz CT molecular complexity index is 1470. The molecule has 0 spiro atoms. The van der Waals surface area contributed by atoms with E-state index in [-0.39, 0.29) is 31.1 Å². The molecule has 0 aromatic rings. The van der Waals surface area contributed by atoms with E-state index in [1.165, 1.54) is 225 Å². The molecule has 0 fully saturated rings. The minimum Gasteiger partial charge on any atom is -0.462 e. The van der Waals surface area contributed by atoms with E-state index in [1.54, 1.807) is 0 Å². The van der Waals surface area contributed by atoms with Crippen LogP contribution >= 0.6 is 0 Å². The van der Waals surface area contributed by atoms with Gasteiger partial charge in [-0.15, -0.1) is 0 Å². The van der Waals surface area contributed by atoms with Gasteiger partial charge in [-0.25, -0.2) is 0 Å². The normalized spacial score (nSPS) is 12.5. The van der Waals surface area contributed by atoms with E-state index in [0.717, 1.165) is 96.3 Å². The van der Waals surface area contributed by atoms with Crippen molar-refractivity contribution in [3.8, 4) is 0 Å². The molecule has 0 saturated carbocycles. The van der Waals surface area contributed by atoms with Gasteiger partial charge in [0.2, 0.25) is 0 Å². The number of hydrogen-bond acceptors (Lipinski definition) is 6. The van der Waals surface area contributed by atoms with E-state index in [2.05, 4.69) is 93.7 Å². The molecule has 80 heavy (non-hydrogen) atoms. The highest BCUT2D eigenvalue weighted by Crippen LogP contribution is 2.18. The van der Waals surface area contributed by atoms with Crippen molar-refractivity contribution in [2.75, 3.05) is 13.2 Å². The van der Waals surface area contributed by atoms with Gasteiger partial charge in [-0.3, -0.25) is 14.4 Å². The van der Waals surface area contributed by atoms with Crippen LogP contribution in [-0.2, 0) is 28.6 Å². The monoisotopic (exact) mass is 1120 g/mol. The van der Waals surface area contributed by atoms with Crippen molar-refractivity contribution in [2.45, 2.75) is 367 Å². The molecule has 0 amide bonds. The predicted octanol–water partition coefficient (Wildman–Crippen LogP) is 24.1. The molecule has 1 atom stereocenters. The Morgan fingerprint density at radius 3 is 0.762 bits per heavy atom. The lowest BCUT2D eigenvalue weighted by Crippen LogP contribution is -2.30. The molecule has 0 aliphatic carbocycles. The Kier molecular flexibility index (Phi) is 65.7. The first-order chi connectivity index (χ1) is 39.5. The zero-order chi connectivity index (χ0) is 57.8. The lowest BCUT2D eigenvalue weighted by Gasteiger charge is -2.18. The van der Waals surface area contributed by atoms with Crippen molar-refractivity contribution in [1.82, 2.24) is 0 Å². The van der Waals surface area contributed by atoms with E-state index in [1.807, 2.05) is 0 Å². The standard InChI is InChI=1S/C74H132O6/c1-4-7-10-13-16-18-20-22-24-26-28-30-31-32-33-34-35-36-37-38-39-40-41-42-43-44-46-47-49-51-53-55-58-61-64-67-73(76)79-70-71(69-78-72(75)66-63-60-57-15-12-9-6-3)80-74(77)68-65-62-59-56-54-52-50-48-45-29-27-25-23-21-19-17-14-11-8-5-2/h7,10,16,18,22,24,28,30,32-33,35-36,71H,4-6,8-9,11-15,17,19-21,23,25-27,29,31,34,37-70H2,1-3H3/b10-7-,18-16-,24-22-,30-28-,33-32-,36-35-. The van der Waals surface area contributed by atoms with Crippen molar-refractivity contribution in [2.24, 2.45) is 0 Å². The van der Waals surface area contributed by atoms with Crippen LogP contribution in [0.15, 0.2) is 72.9 Å². The second-order valence-electron chi connectivity index (χ2n) is 23.4. The molecule has 0 aliphatic rings. The molecule has 0 aromatic carbocycles. The maximum Gasteiger partial charge on any atom is 0.306 e. The number of carbonyl (C=O) groups is 3. The number of hydrogen-bond donors (Lipinski definition) is 0. The van der Waals surface area contributed by atoms with Crippen LogP contribution < -0.4 is 0 Å². The van der Waals surface area contributed by atoms with E-state index in [4.69, 9.17) is 14.2 Å². The SMILES string of the molecule is CC/C=C\C/C=C\C/C=C\C/C=C\C/C=C\C/C=C\CCCCCCCCCCCCCCCCCCC(=O)OCC(COC(=O)CCCCCCCCC)OC(=O)CCCCCCCCCCCCCCCCCCCCCC. The topological polar surface area (TPSA) is 78.9 Å². The summed E-state index contributed by atoms with van der Waals surface area (Å²) in [4.78, 5) is 38.1. The highest BCUT2D eigenvalue weighted by atomic mass is 16.6. The zero-order valence-electron chi connectivity index (χ0n) is 53.3. The lowest BCUT2D eigenvalue weighted by molar-refractivity contribution is -0.167. The van der Waals surface area contributed by atoms with Crippen LogP contribution in [0.25, 0.3) is 0 Å². The lowest BCUT2D eigenvalue weighted by atomic mass is 10.0. The third-order valence-corrected chi connectivity index (χ3v) is 15.5. The van der Waals surface area contributed by atoms with Crippen LogP contribution in [0.2, 0.25) is 0 Å². The number of ether oxygens (including phenoxy) is 3. The molecular formula is C74H132O6. The van der Waals surface area contributed by atoms with Gasteiger partial charge in [0.25, 0.3) is 0 Å². The zero-order valence-corrected chi connectivity index (χ0v) is 53.3. The van der Waals surface area contributed by atoms with Crippen LogP contribution in [0, 0.1) is 0 Å². The number of carbonyl (C=O) groups excluding carboxylic acids is 3. The number of rotatable bonds is 64. The Morgan fingerprint density at radius 1 is 0.263 bits per heavy atom. The number of esters is 3. The average Bonchev–Trinajstić information content (AvgIpc) is 3.46. The molecule has 6 nitrogen and oxygen atoms in total. The fourth-order valence-electron chi connectivity index (χ4n) is 10.3. The van der Waals surface area contributed by atoms with Crippen molar-refractivity contribution in [3.05, 3.63) is 72.9 Å². The summed E-state index contributed by atoms with van der Waals surface area (Å²) in [5.41, 5.74) is 0. The van der Waals surface area contributed by atoms with Crippen molar-refractivity contribution >= 4 is 17.9 Å². The van der Waals surface area contributed by atoms with Gasteiger partial charge in [0, 0.05) is 19.3 Å². The smallest absolute Gasteiger partial charge is 0.306 e. The van der Waals surface area contributed by atoms with Crippen molar-refractivity contribution in [3.63, 3.8) is 0 Å². The molecule has 0 rings (SSSR count). The van der Waals surface area contributed by atoms with Gasteiger partial charge in [0.05, 0.1) is 0 Å². The van der Waals surface area contributed by atoms with E-state index in [9.17, 15) is 14.4 Å². The molecule has 1 unspecified atom stereocenters. The van der Waals surface area contributed by atoms with Crippen LogP contribution in [0.4, 0.5) is 0 Å². The fraction of sp³-hybridized carbons (Fsp3) is 0.797. The van der Waals surface area contributed by atoms with Gasteiger partial charge < -0.3 is 14.2 Å². The first kappa shape index (κ1) is 76.9. The molecule has 0 radical (unpaired) electrons. The van der Waals surface area contributed by atoms with Crippen molar-refractivity contribution < 1.29 is 28.6 Å². The summed E-state index contributed by atoms with van der Waals surface area (Å²) in [5, 5.41) is 0. The largest absolute Gasteiger partial charge is 0.462 e. The van der Waals surface area contributed by atoms with E-state index >= 15 is 0 Å². The summed E-state index contributed by atoms with van der Waals surface area (Å²) >= 11 is 0. The second kappa shape index (κ2) is 68.3. The number of allylic oxidation sites excluding steroid dienone is 12. The Morgan fingerprint density at radius 2 is 0.487 bits per heavy atom. The predicted molar refractivity (Wildman–Crippen MR) is 348 cm³/mol. The van der Waals surface area contributed by atoms with Crippen LogP contribution in [-0.4, -0.2) is 37.2 Å². The van der Waals surface area contributed by atoms with Crippen LogP contribution in [0.3, 0.4) is 0 Å². The van der Waals surface area contributed by atoms with Crippen molar-refractivity contribution in [1.29, 1.82) is 0 Å². The summed E-state index contributed by atoms with van der Waals surface area (Å²) < 4.78 is 16.9. The quantitative estimate of drug-likeness (QED) is 0.0261. The summed E-state index contributed by atoms with van der Waals surface area (Å²) in [5.74, 6) is -0.853. The third kappa shape index (κ3) is 65.7. The third-order valence-electron chi connectivity index (χ3n) is 15.5. The van der Waals surface area contributed by atoms with E-state index in [0.29, 0.717) is 19.3 Å². The van der Waals surface area contributed by atoms with Gasteiger partial charge in [0.15, 0.2) is 6.10 Å². The van der Waals surface area contributed by atoms with Gasteiger partial charge in [-0.1, -0.05) is 344 Å². The average molecular weight is 1120 g/mol. The fourth-order valence-corrected chi connectivity index (χ4v) is 10.3. The second-order valence-corrected chi connectivity index (χ2v) is 23.4. The highest BCUT2D eigenvalue weighted by molar-refractivity contribution is 5.71. The maximum absolute atomic E-state index is 12.9. The van der Waals surface area contributed by atoms with E-state index < -0.39 is 6.10 Å². The molecule has 0 bridgehead atoms. The summed E-state index contributed by atoms with van der Waals surface area (Å²) in [6.07, 6.45) is 89.6. The first-order valence-electron chi connectivity index (χ1n) is 34.9. The Hall–Kier alpha value is -3.15. The van der Waals surface area contributed by atoms with Crippen LogP contribution in [0.1, 0.15) is 361 Å². The highest BCUT2D eigenvalue weighted by Gasteiger charge is 2.19. The molecular weight excluding hydrogens is 985 g/mol. The molecule has 0 N–H and O–H groups in total. The Balaban J connectivity index is 4.00. The minimum absolute atomic E-state index is 0.0685. The molecule has 6 heteroatoms. The molecule has 0 aromatic heterocycles. The Labute approximate surface area is 497 Å². The van der Waals surface area contributed by atoms with Gasteiger partial charge >= 0.3 is 17.9 Å². The van der Waals surface area contributed by atoms with Gasteiger partial charge in [0.1, 0.15) is 13.2 Å². The first-order valence-corrected chi connectivity index (χ1v) is 34.9. The molecule has 0 heterocycles. The van der Waals surface area contributed by atoms with Crippen LogP contribution in [0.5, 0.6) is 0 Å². The molecule has 0 saturated heterocycles. The van der Waals surface area contributed by atoms with Gasteiger partial charge in [-0.05, 0) is 70.6 Å². The molecule has 464 valence electrons. The maximum atomic E-state index is 12.9. The number of unbranched alkanes of at least 4 members (excludes halogenated alkanes) is 41. The minimum atomic E-state index is -0.768. The molecule has 0 aliphatic heterocycles. The summed E-state index contributed by atoms with van der Waals surface area (Å²) in [7, 11) is 0. The summed E-state index contributed by atoms with van der Waals surface area (Å²) in [6.45, 7) is 6.54. The van der Waals surface area contributed by atoms with Gasteiger partial charge in [-0.2, -0.15) is 0 Å².